The second-order valence-electron chi connectivity index (χ2n) is 5.16. The molecule has 0 saturated heterocycles. The van der Waals surface area contributed by atoms with Crippen LogP contribution in [0.2, 0.25) is 0 Å². The molecule has 0 bridgehead atoms. The van der Waals surface area contributed by atoms with Crippen molar-refractivity contribution in [2.24, 2.45) is 11.3 Å². The largest absolute Gasteiger partial charge is 0.461 e. The molecule has 1 aliphatic rings. The zero-order valence-electron chi connectivity index (χ0n) is 9.18. The Balaban J connectivity index is 2.50. The van der Waals surface area contributed by atoms with Crippen LogP contribution in [0.1, 0.15) is 40.0 Å². The lowest BCUT2D eigenvalue weighted by molar-refractivity contribution is -0.150. The third-order valence-corrected chi connectivity index (χ3v) is 2.97. The quantitative estimate of drug-likeness (QED) is 0.526. The fourth-order valence-corrected chi connectivity index (χ4v) is 2.63. The van der Waals surface area contributed by atoms with E-state index in [-0.39, 0.29) is 23.4 Å². The standard InChI is InChI=1S/C11H19ClO2/c1-8-4-9(14-10(13)7-12)6-11(2,3)5-8/h8-9H,4-7H2,1-3H3. The van der Waals surface area contributed by atoms with Crippen LogP contribution in [0, 0.1) is 11.3 Å². The first-order chi connectivity index (χ1) is 6.43. The lowest BCUT2D eigenvalue weighted by Crippen LogP contribution is -2.34. The molecule has 0 amide bonds. The lowest BCUT2D eigenvalue weighted by atomic mass is 9.71. The molecular weight excluding hydrogens is 200 g/mol. The van der Waals surface area contributed by atoms with Gasteiger partial charge in [0.05, 0.1) is 0 Å². The molecule has 0 N–H and O–H groups in total. The van der Waals surface area contributed by atoms with Gasteiger partial charge in [0.2, 0.25) is 0 Å². The Bertz CT molecular complexity index is 213. The van der Waals surface area contributed by atoms with E-state index < -0.39 is 0 Å². The minimum Gasteiger partial charge on any atom is -0.461 e. The summed E-state index contributed by atoms with van der Waals surface area (Å²) in [5, 5.41) is 0. The Morgan fingerprint density at radius 2 is 2.14 bits per heavy atom. The van der Waals surface area contributed by atoms with Crippen molar-refractivity contribution in [3.8, 4) is 0 Å². The van der Waals surface area contributed by atoms with Crippen LogP contribution in [-0.2, 0) is 9.53 Å². The molecule has 82 valence electrons. The molecule has 0 aromatic carbocycles. The van der Waals surface area contributed by atoms with Crippen LogP contribution in [0.5, 0.6) is 0 Å². The molecule has 2 unspecified atom stereocenters. The highest BCUT2D eigenvalue weighted by molar-refractivity contribution is 6.26. The van der Waals surface area contributed by atoms with Gasteiger partial charge in [-0.25, -0.2) is 0 Å². The first-order valence-corrected chi connectivity index (χ1v) is 5.72. The van der Waals surface area contributed by atoms with Gasteiger partial charge in [-0.3, -0.25) is 4.79 Å². The van der Waals surface area contributed by atoms with Gasteiger partial charge in [-0.1, -0.05) is 20.8 Å². The minimum atomic E-state index is -0.290. The molecule has 1 aliphatic carbocycles. The Kier molecular flexibility index (Phi) is 3.82. The van der Waals surface area contributed by atoms with Crippen LogP contribution in [-0.4, -0.2) is 18.0 Å². The Labute approximate surface area is 91.0 Å². The van der Waals surface area contributed by atoms with E-state index in [4.69, 9.17) is 16.3 Å². The number of carbonyl (C=O) groups is 1. The molecule has 3 heteroatoms. The maximum atomic E-state index is 11.0. The van der Waals surface area contributed by atoms with Gasteiger partial charge in [0, 0.05) is 0 Å². The molecule has 0 spiro atoms. The highest BCUT2D eigenvalue weighted by Gasteiger charge is 2.33. The molecule has 14 heavy (non-hydrogen) atoms. The number of halogens is 1. The van der Waals surface area contributed by atoms with Gasteiger partial charge in [-0.15, -0.1) is 11.6 Å². The first-order valence-electron chi connectivity index (χ1n) is 5.18. The predicted octanol–water partition coefficient (Wildman–Crippen LogP) is 2.98. The van der Waals surface area contributed by atoms with E-state index in [0.717, 1.165) is 12.8 Å². The summed E-state index contributed by atoms with van der Waals surface area (Å²) < 4.78 is 5.28. The topological polar surface area (TPSA) is 26.3 Å². The monoisotopic (exact) mass is 218 g/mol. The number of esters is 1. The van der Waals surface area contributed by atoms with Crippen molar-refractivity contribution in [2.75, 3.05) is 5.88 Å². The van der Waals surface area contributed by atoms with Gasteiger partial charge in [-0.2, -0.15) is 0 Å². The maximum absolute atomic E-state index is 11.0. The van der Waals surface area contributed by atoms with Crippen LogP contribution in [0.15, 0.2) is 0 Å². The number of hydrogen-bond acceptors (Lipinski definition) is 2. The SMILES string of the molecule is CC1CC(OC(=O)CCl)CC(C)(C)C1. The lowest BCUT2D eigenvalue weighted by Gasteiger charge is -2.38. The normalized spacial score (nSPS) is 31.1. The molecule has 0 radical (unpaired) electrons. The van der Waals surface area contributed by atoms with Crippen molar-refractivity contribution in [3.05, 3.63) is 0 Å². The summed E-state index contributed by atoms with van der Waals surface area (Å²) in [4.78, 5) is 11.0. The summed E-state index contributed by atoms with van der Waals surface area (Å²) in [5.41, 5.74) is 0.287. The Morgan fingerprint density at radius 3 is 2.64 bits per heavy atom. The van der Waals surface area contributed by atoms with E-state index in [1.165, 1.54) is 6.42 Å². The van der Waals surface area contributed by atoms with Crippen LogP contribution >= 0.6 is 11.6 Å². The van der Waals surface area contributed by atoms with Crippen molar-refractivity contribution in [3.63, 3.8) is 0 Å². The van der Waals surface area contributed by atoms with Crippen molar-refractivity contribution < 1.29 is 9.53 Å². The number of alkyl halides is 1. The molecule has 0 aliphatic heterocycles. The second-order valence-corrected chi connectivity index (χ2v) is 5.43. The average molecular weight is 219 g/mol. The molecule has 1 saturated carbocycles. The summed E-state index contributed by atoms with van der Waals surface area (Å²) in [6.07, 6.45) is 3.22. The molecule has 0 aromatic heterocycles. The molecular formula is C11H19ClO2. The number of carbonyl (C=O) groups excluding carboxylic acids is 1. The summed E-state index contributed by atoms with van der Waals surface area (Å²) in [5.74, 6) is 0.305. The molecule has 2 nitrogen and oxygen atoms in total. The summed E-state index contributed by atoms with van der Waals surface area (Å²) >= 11 is 5.40. The molecule has 0 aromatic rings. The fourth-order valence-electron chi connectivity index (χ4n) is 2.57. The van der Waals surface area contributed by atoms with Crippen LogP contribution in [0.3, 0.4) is 0 Å². The highest BCUT2D eigenvalue weighted by atomic mass is 35.5. The van der Waals surface area contributed by atoms with E-state index in [1.54, 1.807) is 0 Å². The number of hydrogen-bond donors (Lipinski definition) is 0. The van der Waals surface area contributed by atoms with Crippen LogP contribution in [0.25, 0.3) is 0 Å². The highest BCUT2D eigenvalue weighted by Crippen LogP contribution is 2.39. The smallest absolute Gasteiger partial charge is 0.321 e. The average Bonchev–Trinajstić information content (AvgIpc) is 1.99. The van der Waals surface area contributed by atoms with Crippen molar-refractivity contribution in [2.45, 2.75) is 46.1 Å². The van der Waals surface area contributed by atoms with E-state index in [2.05, 4.69) is 20.8 Å². The maximum Gasteiger partial charge on any atom is 0.321 e. The fraction of sp³-hybridized carbons (Fsp3) is 0.909. The summed E-state index contributed by atoms with van der Waals surface area (Å²) in [7, 11) is 0. The second kappa shape index (κ2) is 4.52. The van der Waals surface area contributed by atoms with E-state index in [1.807, 2.05) is 0 Å². The Morgan fingerprint density at radius 1 is 1.50 bits per heavy atom. The molecule has 1 rings (SSSR count). The molecule has 0 heterocycles. The summed E-state index contributed by atoms with van der Waals surface area (Å²) in [6.45, 7) is 6.66. The van der Waals surface area contributed by atoms with Crippen LogP contribution in [0.4, 0.5) is 0 Å². The van der Waals surface area contributed by atoms with E-state index in [9.17, 15) is 4.79 Å². The third-order valence-electron chi connectivity index (χ3n) is 2.75. The van der Waals surface area contributed by atoms with E-state index in [0.29, 0.717) is 5.92 Å². The molecule has 1 fully saturated rings. The van der Waals surface area contributed by atoms with Gasteiger partial charge in [0.25, 0.3) is 0 Å². The zero-order chi connectivity index (χ0) is 10.8. The van der Waals surface area contributed by atoms with Crippen molar-refractivity contribution >= 4 is 17.6 Å². The zero-order valence-corrected chi connectivity index (χ0v) is 9.93. The Hall–Kier alpha value is -0.240. The van der Waals surface area contributed by atoms with Gasteiger partial charge in [0.15, 0.2) is 0 Å². The van der Waals surface area contributed by atoms with E-state index >= 15 is 0 Å². The third kappa shape index (κ3) is 3.49. The van der Waals surface area contributed by atoms with Gasteiger partial charge in [-0.05, 0) is 30.6 Å². The van der Waals surface area contributed by atoms with Crippen LogP contribution < -0.4 is 0 Å². The first kappa shape index (κ1) is 11.8. The summed E-state index contributed by atoms with van der Waals surface area (Å²) in [6, 6.07) is 0. The van der Waals surface area contributed by atoms with Crippen molar-refractivity contribution in [1.82, 2.24) is 0 Å². The minimum absolute atomic E-state index is 0.0364. The predicted molar refractivity (Wildman–Crippen MR) is 57.4 cm³/mol. The number of ether oxygens (including phenoxy) is 1. The number of rotatable bonds is 2. The van der Waals surface area contributed by atoms with Crippen molar-refractivity contribution in [1.29, 1.82) is 0 Å². The van der Waals surface area contributed by atoms with Gasteiger partial charge >= 0.3 is 5.97 Å². The van der Waals surface area contributed by atoms with Gasteiger partial charge in [0.1, 0.15) is 12.0 Å². The molecule has 2 atom stereocenters. The van der Waals surface area contributed by atoms with Gasteiger partial charge < -0.3 is 4.74 Å².